The first-order valence-corrected chi connectivity index (χ1v) is 10.8. The number of likely N-dealkylation sites (tertiary alicyclic amines) is 1. The lowest BCUT2D eigenvalue weighted by Crippen LogP contribution is -2.49. The Hall–Kier alpha value is -2.80. The van der Waals surface area contributed by atoms with Crippen molar-refractivity contribution < 1.29 is 26.7 Å². The van der Waals surface area contributed by atoms with Crippen LogP contribution in [-0.4, -0.2) is 64.9 Å². The number of anilines is 1. The van der Waals surface area contributed by atoms with Crippen molar-refractivity contribution in [1.29, 1.82) is 0 Å². The van der Waals surface area contributed by atoms with Crippen LogP contribution in [-0.2, 0) is 4.74 Å². The topological polar surface area (TPSA) is 92.3 Å². The van der Waals surface area contributed by atoms with Crippen LogP contribution in [0.15, 0.2) is 33.9 Å². The molecule has 2 aliphatic heterocycles. The van der Waals surface area contributed by atoms with Crippen molar-refractivity contribution in [3.05, 3.63) is 56.4 Å². The standard InChI is InChI=1S/C21H24F5N5O3/c22-17(23)16(13-3-1-2-12(8-13)14-9-30(10-14)11-21(24,25)26)27-18-28-19(32)31(20(33)29-18)15-4-6-34-7-5-15/h1-3,8,14-17H,4-7,9-11H2,(H2,27,28,29,32,33)/t16-/m1/s1. The Morgan fingerprint density at radius 3 is 2.50 bits per heavy atom. The van der Waals surface area contributed by atoms with Gasteiger partial charge in [0.15, 0.2) is 0 Å². The van der Waals surface area contributed by atoms with E-state index in [-0.39, 0.29) is 36.6 Å². The molecule has 0 spiro atoms. The quantitative estimate of drug-likeness (QED) is 0.582. The molecular weight excluding hydrogens is 465 g/mol. The number of rotatable bonds is 7. The molecule has 2 N–H and O–H groups in total. The summed E-state index contributed by atoms with van der Waals surface area (Å²) in [5.74, 6) is -0.587. The molecule has 0 saturated carbocycles. The first-order valence-electron chi connectivity index (χ1n) is 10.8. The number of hydrogen-bond donors (Lipinski definition) is 2. The van der Waals surface area contributed by atoms with Gasteiger partial charge in [-0.3, -0.25) is 9.88 Å². The molecule has 2 aliphatic rings. The van der Waals surface area contributed by atoms with Gasteiger partial charge in [-0.15, -0.1) is 0 Å². The van der Waals surface area contributed by atoms with Crippen LogP contribution >= 0.6 is 0 Å². The molecule has 2 fully saturated rings. The maximum absolute atomic E-state index is 13.9. The van der Waals surface area contributed by atoms with E-state index < -0.39 is 36.6 Å². The molecule has 2 saturated heterocycles. The SMILES string of the molecule is O=c1nc(N[C@H](c2cccc(C3CN(CC(F)(F)F)C3)c2)C(F)F)[nH]c(=O)n1C1CCOCC1. The molecule has 0 amide bonds. The maximum atomic E-state index is 13.9. The van der Waals surface area contributed by atoms with Crippen LogP contribution in [0.2, 0.25) is 0 Å². The number of hydrogen-bond acceptors (Lipinski definition) is 6. The van der Waals surface area contributed by atoms with Crippen molar-refractivity contribution in [1.82, 2.24) is 19.4 Å². The van der Waals surface area contributed by atoms with Gasteiger partial charge in [-0.05, 0) is 24.0 Å². The Labute approximate surface area is 190 Å². The lowest BCUT2D eigenvalue weighted by atomic mass is 9.89. The maximum Gasteiger partial charge on any atom is 0.401 e. The first-order chi connectivity index (χ1) is 16.1. The number of benzene rings is 1. The van der Waals surface area contributed by atoms with E-state index in [9.17, 15) is 31.5 Å². The number of ether oxygens (including phenoxy) is 1. The van der Waals surface area contributed by atoms with Crippen LogP contribution in [0.5, 0.6) is 0 Å². The van der Waals surface area contributed by atoms with E-state index in [1.165, 1.54) is 17.0 Å². The van der Waals surface area contributed by atoms with Gasteiger partial charge in [0.25, 0.3) is 6.43 Å². The second-order valence-corrected chi connectivity index (χ2v) is 8.52. The van der Waals surface area contributed by atoms with Gasteiger partial charge in [-0.2, -0.15) is 18.2 Å². The van der Waals surface area contributed by atoms with Crippen molar-refractivity contribution >= 4 is 5.95 Å². The van der Waals surface area contributed by atoms with Crippen LogP contribution in [0, 0.1) is 0 Å². The zero-order chi connectivity index (χ0) is 24.5. The molecule has 0 aliphatic carbocycles. The van der Waals surface area contributed by atoms with Crippen molar-refractivity contribution in [2.45, 2.75) is 43.4 Å². The predicted octanol–water partition coefficient (Wildman–Crippen LogP) is 2.66. The number of aromatic amines is 1. The zero-order valence-electron chi connectivity index (χ0n) is 18.0. The van der Waals surface area contributed by atoms with Crippen LogP contribution in [0.4, 0.5) is 27.9 Å². The Kier molecular flexibility index (Phi) is 7.03. The van der Waals surface area contributed by atoms with E-state index in [1.807, 2.05) is 0 Å². The van der Waals surface area contributed by atoms with Crippen molar-refractivity contribution in [2.24, 2.45) is 0 Å². The molecule has 0 unspecified atom stereocenters. The van der Waals surface area contributed by atoms with E-state index in [0.717, 1.165) is 4.57 Å². The molecule has 186 valence electrons. The van der Waals surface area contributed by atoms with Crippen LogP contribution in [0.25, 0.3) is 0 Å². The lowest BCUT2D eigenvalue weighted by molar-refractivity contribution is -0.154. The van der Waals surface area contributed by atoms with Gasteiger partial charge in [0.05, 0.1) is 6.54 Å². The molecule has 8 nitrogen and oxygen atoms in total. The Morgan fingerprint density at radius 1 is 1.18 bits per heavy atom. The molecule has 0 bridgehead atoms. The summed E-state index contributed by atoms with van der Waals surface area (Å²) in [6, 6.07) is 4.20. The highest BCUT2D eigenvalue weighted by Gasteiger charge is 2.37. The average Bonchev–Trinajstić information content (AvgIpc) is 2.74. The van der Waals surface area contributed by atoms with Gasteiger partial charge in [0.2, 0.25) is 5.95 Å². The molecule has 4 rings (SSSR count). The normalized spacial score (nSPS) is 19.2. The van der Waals surface area contributed by atoms with E-state index in [4.69, 9.17) is 4.74 Å². The minimum absolute atomic E-state index is 0.165. The summed E-state index contributed by atoms with van der Waals surface area (Å²) in [5, 5.41) is 2.43. The monoisotopic (exact) mass is 489 g/mol. The smallest absolute Gasteiger partial charge is 0.381 e. The number of alkyl halides is 5. The molecule has 1 atom stereocenters. The van der Waals surface area contributed by atoms with Gasteiger partial charge >= 0.3 is 17.6 Å². The number of H-pyrrole nitrogens is 1. The summed E-state index contributed by atoms with van der Waals surface area (Å²) in [4.78, 5) is 32.3. The van der Waals surface area contributed by atoms with E-state index in [0.29, 0.717) is 31.6 Å². The van der Waals surface area contributed by atoms with E-state index in [1.54, 1.807) is 12.1 Å². The molecule has 1 aromatic carbocycles. The molecule has 1 aromatic heterocycles. The summed E-state index contributed by atoms with van der Waals surface area (Å²) >= 11 is 0. The largest absolute Gasteiger partial charge is 0.401 e. The van der Waals surface area contributed by atoms with Gasteiger partial charge < -0.3 is 10.1 Å². The van der Waals surface area contributed by atoms with Gasteiger partial charge in [0.1, 0.15) is 6.04 Å². The minimum atomic E-state index is -4.29. The van der Waals surface area contributed by atoms with Crippen molar-refractivity contribution in [3.63, 3.8) is 0 Å². The fourth-order valence-electron chi connectivity index (χ4n) is 4.37. The highest BCUT2D eigenvalue weighted by Crippen LogP contribution is 2.32. The molecule has 0 radical (unpaired) electrons. The summed E-state index contributed by atoms with van der Waals surface area (Å²) in [6.07, 6.45) is -6.28. The lowest BCUT2D eigenvalue weighted by Gasteiger charge is -2.40. The van der Waals surface area contributed by atoms with Gasteiger partial charge in [-0.25, -0.2) is 22.9 Å². The fraction of sp³-hybridized carbons (Fsp3) is 0.571. The van der Waals surface area contributed by atoms with Crippen LogP contribution in [0.3, 0.4) is 0 Å². The Bertz CT molecular complexity index is 1080. The second kappa shape index (κ2) is 9.82. The third-order valence-corrected chi connectivity index (χ3v) is 6.06. The number of nitrogens with one attached hydrogen (secondary N) is 2. The van der Waals surface area contributed by atoms with Crippen LogP contribution < -0.4 is 16.7 Å². The van der Waals surface area contributed by atoms with Crippen LogP contribution in [0.1, 0.15) is 42.0 Å². The van der Waals surface area contributed by atoms with Gasteiger partial charge in [-0.1, -0.05) is 24.3 Å². The Morgan fingerprint density at radius 2 is 1.88 bits per heavy atom. The summed E-state index contributed by atoms with van der Waals surface area (Å²) < 4.78 is 71.5. The fourth-order valence-corrected chi connectivity index (χ4v) is 4.37. The van der Waals surface area contributed by atoms with E-state index >= 15 is 0 Å². The molecular formula is C21H24F5N5O3. The van der Waals surface area contributed by atoms with Gasteiger partial charge in [0, 0.05) is 38.3 Å². The zero-order valence-corrected chi connectivity index (χ0v) is 18.0. The van der Waals surface area contributed by atoms with Crippen molar-refractivity contribution in [3.8, 4) is 0 Å². The molecule has 34 heavy (non-hydrogen) atoms. The highest BCUT2D eigenvalue weighted by molar-refractivity contribution is 5.36. The molecule has 2 aromatic rings. The Balaban J connectivity index is 1.50. The third kappa shape index (κ3) is 5.63. The summed E-state index contributed by atoms with van der Waals surface area (Å²) in [6.45, 7) is 0.136. The number of aromatic nitrogens is 3. The summed E-state index contributed by atoms with van der Waals surface area (Å²) in [5.41, 5.74) is -0.799. The minimum Gasteiger partial charge on any atom is -0.381 e. The van der Waals surface area contributed by atoms with E-state index in [2.05, 4.69) is 15.3 Å². The number of halogens is 5. The molecule has 13 heteroatoms. The average molecular weight is 489 g/mol. The predicted molar refractivity (Wildman–Crippen MR) is 112 cm³/mol. The highest BCUT2D eigenvalue weighted by atomic mass is 19.4. The van der Waals surface area contributed by atoms with Crippen molar-refractivity contribution in [2.75, 3.05) is 38.2 Å². The second-order valence-electron chi connectivity index (χ2n) is 8.52. The third-order valence-electron chi connectivity index (χ3n) is 6.06. The molecule has 3 heterocycles. The number of nitrogens with zero attached hydrogens (tertiary/aromatic N) is 3. The summed E-state index contributed by atoms with van der Waals surface area (Å²) in [7, 11) is 0. The first kappa shape index (κ1) is 24.3.